The molecule has 0 amide bonds. The fourth-order valence-corrected chi connectivity index (χ4v) is 4.99. The van der Waals surface area contributed by atoms with E-state index in [2.05, 4.69) is 75.1 Å². The summed E-state index contributed by atoms with van der Waals surface area (Å²) in [7, 11) is 0. The van der Waals surface area contributed by atoms with Gasteiger partial charge in [-0.3, -0.25) is 4.57 Å². The van der Waals surface area contributed by atoms with E-state index < -0.39 is 0 Å². The van der Waals surface area contributed by atoms with Gasteiger partial charge in [-0.15, -0.1) is 5.10 Å². The second-order valence-electron chi connectivity index (χ2n) is 9.58. The SMILES string of the molecule is CCC=Cc1nn(CCC2CCCCC2)c(=O)n1Cc1ccc(-c2cccc(-c3nnn[nH]3)c2)cc1. The molecule has 1 aliphatic carbocycles. The lowest BCUT2D eigenvalue weighted by Crippen LogP contribution is -2.26. The summed E-state index contributed by atoms with van der Waals surface area (Å²) in [6.07, 6.45) is 12.5. The first-order chi connectivity index (χ1) is 17.7. The highest BCUT2D eigenvalue weighted by Gasteiger charge is 2.16. The van der Waals surface area contributed by atoms with E-state index in [-0.39, 0.29) is 5.69 Å². The molecule has 2 heterocycles. The standard InChI is InChI=1S/C28H33N7O/c1-2-3-12-26-31-35(18-17-21-8-5-4-6-9-21)28(36)34(26)20-22-13-15-23(16-14-22)24-10-7-11-25(19-24)27-29-32-33-30-27/h3,7,10-16,19,21H,2,4-6,8-9,17-18,20H2,1H3,(H,29,30,32,33). The second kappa shape index (κ2) is 11.3. The molecule has 0 saturated heterocycles. The van der Waals surface area contributed by atoms with Gasteiger partial charge in [-0.1, -0.05) is 87.6 Å². The predicted octanol–water partition coefficient (Wildman–Crippen LogP) is 5.33. The fourth-order valence-electron chi connectivity index (χ4n) is 4.99. The maximum absolute atomic E-state index is 13.3. The summed E-state index contributed by atoms with van der Waals surface area (Å²) >= 11 is 0. The van der Waals surface area contributed by atoms with Gasteiger partial charge in [-0.2, -0.15) is 5.10 Å². The first kappa shape index (κ1) is 23.9. The lowest BCUT2D eigenvalue weighted by molar-refractivity contribution is 0.316. The van der Waals surface area contributed by atoms with Crippen LogP contribution in [0.15, 0.2) is 59.4 Å². The number of tetrazole rings is 1. The minimum Gasteiger partial charge on any atom is -0.271 e. The van der Waals surface area contributed by atoms with E-state index in [0.717, 1.165) is 46.8 Å². The number of hydrogen-bond acceptors (Lipinski definition) is 5. The lowest BCUT2D eigenvalue weighted by Gasteiger charge is -2.20. The Hall–Kier alpha value is -3.81. The maximum atomic E-state index is 13.3. The predicted molar refractivity (Wildman–Crippen MR) is 141 cm³/mol. The van der Waals surface area contributed by atoms with E-state index in [0.29, 0.717) is 18.9 Å². The average Bonchev–Trinajstić information content (AvgIpc) is 3.57. The van der Waals surface area contributed by atoms with E-state index in [1.807, 2.05) is 18.2 Å². The van der Waals surface area contributed by atoms with Crippen molar-refractivity contribution in [3.05, 3.63) is 76.5 Å². The highest BCUT2D eigenvalue weighted by Crippen LogP contribution is 2.27. The first-order valence-corrected chi connectivity index (χ1v) is 13.0. The van der Waals surface area contributed by atoms with Gasteiger partial charge in [0.15, 0.2) is 11.6 Å². The van der Waals surface area contributed by atoms with Crippen LogP contribution in [0.25, 0.3) is 28.6 Å². The third kappa shape index (κ3) is 5.53. The molecule has 1 N–H and O–H groups in total. The van der Waals surface area contributed by atoms with Crippen molar-refractivity contribution < 1.29 is 0 Å². The Labute approximate surface area is 211 Å². The molecule has 1 saturated carbocycles. The maximum Gasteiger partial charge on any atom is 0.346 e. The molecular formula is C28H33N7O. The minimum atomic E-state index is -0.0287. The smallest absolute Gasteiger partial charge is 0.271 e. The van der Waals surface area contributed by atoms with Gasteiger partial charge >= 0.3 is 5.69 Å². The highest BCUT2D eigenvalue weighted by atomic mass is 16.2. The monoisotopic (exact) mass is 483 g/mol. The van der Waals surface area contributed by atoms with Gasteiger partial charge < -0.3 is 0 Å². The Kier molecular flexibility index (Phi) is 7.50. The fraction of sp³-hybridized carbons (Fsp3) is 0.393. The largest absolute Gasteiger partial charge is 0.346 e. The molecular weight excluding hydrogens is 450 g/mol. The molecule has 1 aliphatic rings. The van der Waals surface area contributed by atoms with E-state index in [1.165, 1.54) is 32.1 Å². The molecule has 5 rings (SSSR count). The van der Waals surface area contributed by atoms with E-state index in [1.54, 1.807) is 9.25 Å². The van der Waals surface area contributed by atoms with Crippen LogP contribution in [0.1, 0.15) is 63.3 Å². The lowest BCUT2D eigenvalue weighted by atomic mass is 9.87. The molecule has 36 heavy (non-hydrogen) atoms. The number of aromatic nitrogens is 7. The number of benzene rings is 2. The summed E-state index contributed by atoms with van der Waals surface area (Å²) in [5, 5.41) is 18.8. The Morgan fingerprint density at radius 1 is 1.03 bits per heavy atom. The average molecular weight is 484 g/mol. The number of aromatic amines is 1. The zero-order chi connectivity index (χ0) is 24.7. The third-order valence-corrected chi connectivity index (χ3v) is 7.04. The topological polar surface area (TPSA) is 94.3 Å². The van der Waals surface area contributed by atoms with Crippen molar-refractivity contribution in [3.63, 3.8) is 0 Å². The van der Waals surface area contributed by atoms with Crippen LogP contribution in [0.3, 0.4) is 0 Å². The number of H-pyrrole nitrogens is 1. The number of rotatable bonds is 9. The summed E-state index contributed by atoms with van der Waals surface area (Å²) in [6.45, 7) is 3.28. The zero-order valence-corrected chi connectivity index (χ0v) is 20.8. The van der Waals surface area contributed by atoms with Gasteiger partial charge in [-0.05, 0) is 58.0 Å². The molecule has 186 valence electrons. The molecule has 0 spiro atoms. The molecule has 8 nitrogen and oxygen atoms in total. The number of aryl methyl sites for hydroxylation is 1. The van der Waals surface area contributed by atoms with Crippen LogP contribution in [-0.2, 0) is 13.1 Å². The Balaban J connectivity index is 1.34. The Morgan fingerprint density at radius 2 is 1.83 bits per heavy atom. The van der Waals surface area contributed by atoms with Crippen LogP contribution in [-0.4, -0.2) is 35.0 Å². The first-order valence-electron chi connectivity index (χ1n) is 13.0. The van der Waals surface area contributed by atoms with Gasteiger partial charge in [0.05, 0.1) is 6.54 Å². The number of hydrogen-bond donors (Lipinski definition) is 1. The molecule has 8 heteroatoms. The normalized spacial score (nSPS) is 14.6. The number of nitrogens with zero attached hydrogens (tertiary/aromatic N) is 6. The third-order valence-electron chi connectivity index (χ3n) is 7.04. The number of nitrogens with one attached hydrogen (secondary N) is 1. The highest BCUT2D eigenvalue weighted by molar-refractivity contribution is 5.70. The van der Waals surface area contributed by atoms with Crippen LogP contribution in [0.4, 0.5) is 0 Å². The molecule has 0 aliphatic heterocycles. The van der Waals surface area contributed by atoms with Crippen molar-refractivity contribution in [2.45, 2.75) is 65.0 Å². The zero-order valence-electron chi connectivity index (χ0n) is 20.8. The quantitative estimate of drug-likeness (QED) is 0.347. The van der Waals surface area contributed by atoms with Crippen LogP contribution in [0, 0.1) is 5.92 Å². The molecule has 2 aromatic carbocycles. The van der Waals surface area contributed by atoms with E-state index >= 15 is 0 Å². The van der Waals surface area contributed by atoms with Crippen LogP contribution in [0.5, 0.6) is 0 Å². The molecule has 0 unspecified atom stereocenters. The molecule has 2 aromatic heterocycles. The minimum absolute atomic E-state index is 0.0287. The van der Waals surface area contributed by atoms with Gasteiger partial charge in [0.25, 0.3) is 0 Å². The van der Waals surface area contributed by atoms with Gasteiger partial charge in [-0.25, -0.2) is 14.6 Å². The molecule has 0 bridgehead atoms. The summed E-state index contributed by atoms with van der Waals surface area (Å²) < 4.78 is 3.46. The Bertz CT molecular complexity index is 1340. The van der Waals surface area contributed by atoms with Gasteiger partial charge in [0.2, 0.25) is 0 Å². The van der Waals surface area contributed by atoms with Crippen LogP contribution in [0.2, 0.25) is 0 Å². The summed E-state index contributed by atoms with van der Waals surface area (Å²) in [4.78, 5) is 13.3. The van der Waals surface area contributed by atoms with E-state index in [4.69, 9.17) is 0 Å². The van der Waals surface area contributed by atoms with Gasteiger partial charge in [0, 0.05) is 12.1 Å². The van der Waals surface area contributed by atoms with Crippen molar-refractivity contribution >= 4 is 6.08 Å². The second-order valence-corrected chi connectivity index (χ2v) is 9.58. The molecule has 1 fully saturated rings. The van der Waals surface area contributed by atoms with Crippen LogP contribution >= 0.6 is 0 Å². The van der Waals surface area contributed by atoms with Crippen molar-refractivity contribution in [1.82, 2.24) is 35.0 Å². The number of allylic oxidation sites excluding steroid dienone is 1. The van der Waals surface area contributed by atoms with Gasteiger partial charge in [0.1, 0.15) is 0 Å². The summed E-state index contributed by atoms with van der Waals surface area (Å²) in [6, 6.07) is 16.4. The van der Waals surface area contributed by atoms with E-state index in [9.17, 15) is 4.79 Å². The molecule has 0 radical (unpaired) electrons. The van der Waals surface area contributed by atoms with Crippen LogP contribution < -0.4 is 5.69 Å². The van der Waals surface area contributed by atoms with Crippen molar-refractivity contribution in [3.8, 4) is 22.5 Å². The molecule has 4 aromatic rings. The molecule has 0 atom stereocenters. The summed E-state index contributed by atoms with van der Waals surface area (Å²) in [5.41, 5.74) is 4.14. The Morgan fingerprint density at radius 3 is 2.58 bits per heavy atom. The van der Waals surface area contributed by atoms with Crippen molar-refractivity contribution in [2.75, 3.05) is 0 Å². The van der Waals surface area contributed by atoms with Crippen molar-refractivity contribution in [2.24, 2.45) is 5.92 Å². The van der Waals surface area contributed by atoms with Crippen molar-refractivity contribution in [1.29, 1.82) is 0 Å². The summed E-state index contributed by atoms with van der Waals surface area (Å²) in [5.74, 6) is 2.08.